The Morgan fingerprint density at radius 2 is 2.23 bits per heavy atom. The molecule has 3 rings (SSSR count). The van der Waals surface area contributed by atoms with E-state index in [1.807, 2.05) is 25.1 Å². The normalized spacial score (nSPS) is 33.3. The number of rotatable bonds is 2. The van der Waals surface area contributed by atoms with Gasteiger partial charge in [0.1, 0.15) is 0 Å². The van der Waals surface area contributed by atoms with E-state index in [0.717, 1.165) is 17.5 Å². The molecule has 0 saturated carbocycles. The molecule has 0 spiro atoms. The zero-order valence-electron chi connectivity index (χ0n) is 15.7. The van der Waals surface area contributed by atoms with Crippen molar-refractivity contribution >= 4 is 30.0 Å². The first-order valence-electron chi connectivity index (χ1n) is 8.86. The average Bonchev–Trinajstić information content (AvgIpc) is 2.84. The molecule has 3 nitrogen and oxygen atoms in total. The summed E-state index contributed by atoms with van der Waals surface area (Å²) in [5, 5.41) is 0.691. The van der Waals surface area contributed by atoms with Crippen molar-refractivity contribution in [3.8, 4) is 0 Å². The van der Waals surface area contributed by atoms with Crippen molar-refractivity contribution in [1.29, 1.82) is 0 Å². The first-order chi connectivity index (χ1) is 11.2. The van der Waals surface area contributed by atoms with Crippen LogP contribution in [-0.4, -0.2) is 37.0 Å². The molecule has 0 N–H and O–H groups in total. The Kier molecular flexibility index (Phi) is 4.20. The smallest absolute Gasteiger partial charge is 0.310 e. The number of esters is 1. The first kappa shape index (κ1) is 13.6. The molecule has 1 aromatic rings. The van der Waals surface area contributed by atoms with Gasteiger partial charge < -0.3 is 4.74 Å². The van der Waals surface area contributed by atoms with E-state index in [4.69, 9.17) is 20.5 Å². The Labute approximate surface area is 147 Å². The Balaban J connectivity index is 0.00000225. The number of carbonyl (C=O) groups excluding carboxylic acids is 1. The minimum atomic E-state index is -2.18. The zero-order chi connectivity index (χ0) is 17.6. The fourth-order valence-corrected chi connectivity index (χ4v) is 4.02. The van der Waals surface area contributed by atoms with Crippen LogP contribution in [0.3, 0.4) is 0 Å². The maximum atomic E-state index is 12.5. The van der Waals surface area contributed by atoms with E-state index in [1.54, 1.807) is 4.90 Å². The second-order valence-electron chi connectivity index (χ2n) is 6.11. The summed E-state index contributed by atoms with van der Waals surface area (Å²) in [7, 11) is 1.37. The summed E-state index contributed by atoms with van der Waals surface area (Å²) >= 11 is 6.12. The number of aryl methyl sites for hydroxylation is 1. The van der Waals surface area contributed by atoms with Crippen molar-refractivity contribution in [3.63, 3.8) is 0 Å². The molecule has 0 aromatic heterocycles. The summed E-state index contributed by atoms with van der Waals surface area (Å²) in [4.78, 5) is 14.1. The number of hydrogen-bond acceptors (Lipinski definition) is 3. The molecule has 2 heterocycles. The van der Waals surface area contributed by atoms with Crippen molar-refractivity contribution in [2.24, 2.45) is 5.92 Å². The number of piperidine rings is 1. The molecular formula is C17H23Cl2NO2. The van der Waals surface area contributed by atoms with Crippen LogP contribution in [0, 0.1) is 12.8 Å². The molecule has 0 aliphatic carbocycles. The fraction of sp³-hybridized carbons (Fsp3) is 0.588. The van der Waals surface area contributed by atoms with Crippen LogP contribution in [0.5, 0.6) is 0 Å². The third kappa shape index (κ3) is 2.86. The minimum absolute atomic E-state index is 0. The minimum Gasteiger partial charge on any atom is -0.469 e. The Morgan fingerprint density at radius 1 is 1.45 bits per heavy atom. The Bertz CT molecular complexity index is 653. The van der Waals surface area contributed by atoms with Crippen LogP contribution in [0.25, 0.3) is 0 Å². The molecule has 4 atom stereocenters. The van der Waals surface area contributed by atoms with Gasteiger partial charge in [0, 0.05) is 27.1 Å². The SMILES string of the molecule is Cl.[2H]C([2H])([2H])N1[C@H]2CC[C@@H]1[C@@H](C(=O)OC)[C@@H](c1ccc(Cl)c(C)c1)C2. The molecule has 0 radical (unpaired) electrons. The number of fused-ring (bicyclic) bond motifs is 2. The topological polar surface area (TPSA) is 29.5 Å². The summed E-state index contributed by atoms with van der Waals surface area (Å²) in [6.07, 6.45) is 2.17. The molecule has 2 aliphatic heterocycles. The largest absolute Gasteiger partial charge is 0.469 e. The Hall–Kier alpha value is -0.770. The maximum Gasteiger partial charge on any atom is 0.310 e. The number of benzene rings is 1. The summed E-state index contributed by atoms with van der Waals surface area (Å²) in [5.74, 6) is -0.827. The van der Waals surface area contributed by atoms with Gasteiger partial charge in [0.25, 0.3) is 0 Å². The molecular weight excluding hydrogens is 321 g/mol. The first-order valence-corrected chi connectivity index (χ1v) is 7.74. The monoisotopic (exact) mass is 346 g/mol. The molecule has 2 bridgehead atoms. The van der Waals surface area contributed by atoms with Crippen LogP contribution in [0.1, 0.15) is 40.4 Å². The second kappa shape index (κ2) is 6.77. The van der Waals surface area contributed by atoms with E-state index >= 15 is 0 Å². The van der Waals surface area contributed by atoms with E-state index in [1.165, 1.54) is 7.11 Å². The van der Waals surface area contributed by atoms with Crippen LogP contribution in [0.4, 0.5) is 0 Å². The van der Waals surface area contributed by atoms with Crippen LogP contribution in [-0.2, 0) is 9.53 Å². The molecule has 2 saturated heterocycles. The van der Waals surface area contributed by atoms with E-state index in [9.17, 15) is 4.79 Å². The van der Waals surface area contributed by atoms with Gasteiger partial charge >= 0.3 is 5.97 Å². The third-order valence-corrected chi connectivity index (χ3v) is 5.43. The Morgan fingerprint density at radius 3 is 2.86 bits per heavy atom. The van der Waals surface area contributed by atoms with Gasteiger partial charge in [0.2, 0.25) is 0 Å². The van der Waals surface area contributed by atoms with Crippen LogP contribution >= 0.6 is 24.0 Å². The highest BCUT2D eigenvalue weighted by Crippen LogP contribution is 2.46. The molecule has 5 heteroatoms. The van der Waals surface area contributed by atoms with Gasteiger partial charge in [-0.25, -0.2) is 0 Å². The summed E-state index contributed by atoms with van der Waals surface area (Å²) < 4.78 is 28.5. The molecule has 1 aromatic carbocycles. The highest BCUT2D eigenvalue weighted by Gasteiger charge is 2.49. The van der Waals surface area contributed by atoms with Gasteiger partial charge in [-0.3, -0.25) is 9.69 Å². The number of halogens is 2. The third-order valence-electron chi connectivity index (χ3n) is 5.00. The maximum absolute atomic E-state index is 12.5. The van der Waals surface area contributed by atoms with Crippen molar-refractivity contribution in [3.05, 3.63) is 34.3 Å². The predicted molar refractivity (Wildman–Crippen MR) is 90.9 cm³/mol. The quantitative estimate of drug-likeness (QED) is 0.762. The lowest BCUT2D eigenvalue weighted by Gasteiger charge is -2.41. The van der Waals surface area contributed by atoms with Crippen molar-refractivity contribution in [2.45, 2.75) is 44.2 Å². The lowest BCUT2D eigenvalue weighted by Crippen LogP contribution is -2.49. The van der Waals surface area contributed by atoms with Crippen molar-refractivity contribution in [2.75, 3.05) is 14.1 Å². The van der Waals surface area contributed by atoms with Gasteiger partial charge in [-0.05, 0) is 50.4 Å². The highest BCUT2D eigenvalue weighted by atomic mass is 35.5. The number of ether oxygens (including phenoxy) is 1. The molecule has 22 heavy (non-hydrogen) atoms. The van der Waals surface area contributed by atoms with E-state index in [2.05, 4.69) is 0 Å². The highest BCUT2D eigenvalue weighted by molar-refractivity contribution is 6.31. The van der Waals surface area contributed by atoms with Gasteiger partial charge in [0.15, 0.2) is 0 Å². The van der Waals surface area contributed by atoms with E-state index < -0.39 is 12.9 Å². The molecule has 2 fully saturated rings. The lowest BCUT2D eigenvalue weighted by molar-refractivity contribution is -0.150. The second-order valence-corrected chi connectivity index (χ2v) is 6.51. The summed E-state index contributed by atoms with van der Waals surface area (Å²) in [5.41, 5.74) is 2.00. The zero-order valence-corrected chi connectivity index (χ0v) is 14.3. The lowest BCUT2D eigenvalue weighted by atomic mass is 9.76. The van der Waals surface area contributed by atoms with Gasteiger partial charge in [-0.1, -0.05) is 23.7 Å². The molecule has 0 amide bonds. The number of carbonyl (C=O) groups is 1. The van der Waals surface area contributed by atoms with Crippen molar-refractivity contribution in [1.82, 2.24) is 4.90 Å². The number of hydrogen-bond donors (Lipinski definition) is 0. The number of nitrogens with zero attached hydrogens (tertiary/aromatic N) is 1. The molecule has 2 aliphatic rings. The van der Waals surface area contributed by atoms with Crippen LogP contribution in [0.2, 0.25) is 5.02 Å². The van der Waals surface area contributed by atoms with Crippen LogP contribution in [0.15, 0.2) is 18.2 Å². The predicted octanol–water partition coefficient (Wildman–Crippen LogP) is 3.81. The van der Waals surface area contributed by atoms with E-state index in [-0.39, 0.29) is 36.4 Å². The van der Waals surface area contributed by atoms with Crippen LogP contribution < -0.4 is 0 Å². The molecule has 122 valence electrons. The summed E-state index contributed by atoms with van der Waals surface area (Å²) in [6, 6.07) is 5.47. The van der Waals surface area contributed by atoms with Gasteiger partial charge in [-0.15, -0.1) is 12.4 Å². The van der Waals surface area contributed by atoms with Crippen molar-refractivity contribution < 1.29 is 13.6 Å². The summed E-state index contributed by atoms with van der Waals surface area (Å²) in [6.45, 7) is -0.246. The van der Waals surface area contributed by atoms with E-state index in [0.29, 0.717) is 17.9 Å². The average molecular weight is 347 g/mol. The van der Waals surface area contributed by atoms with Gasteiger partial charge in [-0.2, -0.15) is 0 Å². The number of methoxy groups -OCH3 is 1. The standard InChI is InChI=1S/C17H22ClNO2.ClH/c1-10-8-11(4-6-14(10)18)13-9-12-5-7-15(19(12)2)16(13)17(20)21-3;/h4,6,8,12-13,15-16H,5,7,9H2,1-3H3;1H/t12-,13+,15+,16-;/m0./s1/i2D3;. The van der Waals surface area contributed by atoms with Gasteiger partial charge in [0.05, 0.1) is 13.0 Å². The fourth-order valence-electron chi connectivity index (χ4n) is 3.90. The molecule has 0 unspecified atom stereocenters.